The van der Waals surface area contributed by atoms with Gasteiger partial charge in [0.25, 0.3) is 0 Å². The third kappa shape index (κ3) is 2.12. The number of carbonyl (C=O) groups is 1. The van der Waals surface area contributed by atoms with E-state index in [1.165, 1.54) is 30.6 Å². The summed E-state index contributed by atoms with van der Waals surface area (Å²) in [6.07, 6.45) is 5.55. The van der Waals surface area contributed by atoms with Crippen LogP contribution in [0.25, 0.3) is 0 Å². The first kappa shape index (κ1) is 11.6. The van der Waals surface area contributed by atoms with Gasteiger partial charge >= 0.3 is 0 Å². The summed E-state index contributed by atoms with van der Waals surface area (Å²) in [6, 6.07) is 7.00. The molecule has 0 aromatic heterocycles. The summed E-state index contributed by atoms with van der Waals surface area (Å²) in [5, 5.41) is 6.64. The van der Waals surface area contributed by atoms with Crippen molar-refractivity contribution in [3.8, 4) is 0 Å². The molecule has 2 N–H and O–H groups in total. The summed E-state index contributed by atoms with van der Waals surface area (Å²) in [5.74, 6) is 2.46. The molecule has 3 atom stereocenters. The molecule has 1 heterocycles. The zero-order valence-electron chi connectivity index (χ0n) is 10.8. The molecule has 4 rings (SSSR count). The molecule has 0 spiro atoms. The van der Waals surface area contributed by atoms with E-state index in [-0.39, 0.29) is 5.91 Å². The maximum atomic E-state index is 11.4. The van der Waals surface area contributed by atoms with Gasteiger partial charge in [0, 0.05) is 16.6 Å². The Morgan fingerprint density at radius 3 is 3.00 bits per heavy atom. The van der Waals surface area contributed by atoms with Gasteiger partial charge in [-0.15, -0.1) is 11.8 Å². The fourth-order valence-corrected chi connectivity index (χ4v) is 4.60. The molecular formula is C15H18N2OS. The Labute approximate surface area is 117 Å². The van der Waals surface area contributed by atoms with E-state index < -0.39 is 0 Å². The monoisotopic (exact) mass is 274 g/mol. The average molecular weight is 274 g/mol. The van der Waals surface area contributed by atoms with Gasteiger partial charge < -0.3 is 10.6 Å². The number of anilines is 2. The summed E-state index contributed by atoms with van der Waals surface area (Å²) in [4.78, 5) is 12.6. The Hall–Kier alpha value is -1.16. The molecule has 2 fully saturated rings. The van der Waals surface area contributed by atoms with Gasteiger partial charge in [-0.1, -0.05) is 6.42 Å². The van der Waals surface area contributed by atoms with E-state index in [1.807, 2.05) is 0 Å². The van der Waals surface area contributed by atoms with Crippen molar-refractivity contribution in [2.24, 2.45) is 11.8 Å². The van der Waals surface area contributed by atoms with Crippen LogP contribution in [0.4, 0.5) is 11.4 Å². The van der Waals surface area contributed by atoms with Gasteiger partial charge in [0.05, 0.1) is 11.4 Å². The van der Waals surface area contributed by atoms with Crippen molar-refractivity contribution in [2.75, 3.05) is 16.4 Å². The number of carbonyl (C=O) groups excluding carboxylic acids is 1. The second kappa shape index (κ2) is 4.44. The minimum Gasteiger partial charge on any atom is -0.382 e. The van der Waals surface area contributed by atoms with Crippen LogP contribution < -0.4 is 10.6 Å². The van der Waals surface area contributed by atoms with Crippen molar-refractivity contribution in [3.63, 3.8) is 0 Å². The van der Waals surface area contributed by atoms with Gasteiger partial charge in [0.15, 0.2) is 0 Å². The number of thioether (sulfide) groups is 1. The molecule has 19 heavy (non-hydrogen) atoms. The highest BCUT2D eigenvalue weighted by Crippen LogP contribution is 2.45. The van der Waals surface area contributed by atoms with Crippen LogP contribution in [0.3, 0.4) is 0 Å². The summed E-state index contributed by atoms with van der Waals surface area (Å²) in [5.41, 5.74) is 2.12. The van der Waals surface area contributed by atoms with Gasteiger partial charge in [-0.3, -0.25) is 4.79 Å². The van der Waals surface area contributed by atoms with E-state index in [4.69, 9.17) is 0 Å². The summed E-state index contributed by atoms with van der Waals surface area (Å²) >= 11 is 1.62. The Morgan fingerprint density at radius 1 is 1.26 bits per heavy atom. The van der Waals surface area contributed by atoms with E-state index in [2.05, 4.69) is 28.8 Å². The van der Waals surface area contributed by atoms with Crippen LogP contribution in [0.5, 0.6) is 0 Å². The molecule has 100 valence electrons. The lowest BCUT2D eigenvalue weighted by atomic mass is 9.95. The summed E-state index contributed by atoms with van der Waals surface area (Å²) < 4.78 is 0. The zero-order valence-corrected chi connectivity index (χ0v) is 11.6. The highest BCUT2D eigenvalue weighted by Gasteiger charge is 2.39. The van der Waals surface area contributed by atoms with Crippen LogP contribution in [0.2, 0.25) is 0 Å². The van der Waals surface area contributed by atoms with Crippen molar-refractivity contribution < 1.29 is 4.79 Å². The van der Waals surface area contributed by atoms with Gasteiger partial charge in [0.2, 0.25) is 5.91 Å². The first-order valence-corrected chi connectivity index (χ1v) is 8.10. The number of amides is 1. The number of benzene rings is 1. The number of hydrogen-bond donors (Lipinski definition) is 2. The molecule has 2 aliphatic carbocycles. The molecule has 4 heteroatoms. The van der Waals surface area contributed by atoms with Crippen molar-refractivity contribution in [1.29, 1.82) is 0 Å². The molecule has 1 aliphatic heterocycles. The van der Waals surface area contributed by atoms with Crippen LogP contribution in [-0.2, 0) is 4.79 Å². The second-order valence-electron chi connectivity index (χ2n) is 5.97. The fraction of sp³-hybridized carbons (Fsp3) is 0.533. The van der Waals surface area contributed by atoms with Gasteiger partial charge in [-0.05, 0) is 49.3 Å². The Balaban J connectivity index is 1.52. The van der Waals surface area contributed by atoms with E-state index in [9.17, 15) is 4.79 Å². The van der Waals surface area contributed by atoms with Gasteiger partial charge in [0.1, 0.15) is 0 Å². The zero-order chi connectivity index (χ0) is 12.8. The first-order valence-electron chi connectivity index (χ1n) is 7.11. The van der Waals surface area contributed by atoms with Crippen molar-refractivity contribution in [3.05, 3.63) is 18.2 Å². The molecule has 1 amide bonds. The second-order valence-corrected chi connectivity index (χ2v) is 6.99. The van der Waals surface area contributed by atoms with Crippen molar-refractivity contribution >= 4 is 29.0 Å². The molecule has 3 nitrogen and oxygen atoms in total. The van der Waals surface area contributed by atoms with E-state index >= 15 is 0 Å². The third-order valence-corrected chi connectivity index (χ3v) is 5.78. The normalized spacial score (nSPS) is 32.0. The van der Waals surface area contributed by atoms with Gasteiger partial charge in [-0.2, -0.15) is 0 Å². The molecule has 0 radical (unpaired) electrons. The number of fused-ring (bicyclic) bond motifs is 3. The van der Waals surface area contributed by atoms with E-state index in [1.54, 1.807) is 11.8 Å². The maximum absolute atomic E-state index is 11.4. The minimum absolute atomic E-state index is 0.106. The molecule has 0 saturated heterocycles. The first-order chi connectivity index (χ1) is 9.28. The number of hydrogen-bond acceptors (Lipinski definition) is 3. The standard InChI is InChI=1S/C15H18N2OS/c18-15-8-19-14-4-3-11(7-13(14)17-15)16-12-6-9-1-2-10(12)5-9/h3-4,7,9-10,12,16H,1-2,5-6,8H2,(H,17,18). The summed E-state index contributed by atoms with van der Waals surface area (Å²) in [7, 11) is 0. The molecule has 2 bridgehead atoms. The van der Waals surface area contributed by atoms with Gasteiger partial charge in [-0.25, -0.2) is 0 Å². The highest BCUT2D eigenvalue weighted by molar-refractivity contribution is 8.00. The molecule has 2 saturated carbocycles. The van der Waals surface area contributed by atoms with Crippen LogP contribution in [0.1, 0.15) is 25.7 Å². The summed E-state index contributed by atoms with van der Waals surface area (Å²) in [6.45, 7) is 0. The average Bonchev–Trinajstić information content (AvgIpc) is 3.00. The third-order valence-electron chi connectivity index (χ3n) is 4.70. The predicted octanol–water partition coefficient (Wildman–Crippen LogP) is 3.33. The largest absolute Gasteiger partial charge is 0.382 e. The van der Waals surface area contributed by atoms with Crippen LogP contribution in [0, 0.1) is 11.8 Å². The van der Waals surface area contributed by atoms with E-state index in [0.717, 1.165) is 23.2 Å². The van der Waals surface area contributed by atoms with Crippen molar-refractivity contribution in [2.45, 2.75) is 36.6 Å². The molecular weight excluding hydrogens is 256 g/mol. The van der Waals surface area contributed by atoms with Crippen LogP contribution in [0.15, 0.2) is 23.1 Å². The predicted molar refractivity (Wildman–Crippen MR) is 78.7 cm³/mol. The fourth-order valence-electron chi connectivity index (χ4n) is 3.81. The lowest BCUT2D eigenvalue weighted by Crippen LogP contribution is -2.26. The van der Waals surface area contributed by atoms with Crippen molar-refractivity contribution in [1.82, 2.24) is 0 Å². The Bertz CT molecular complexity index is 531. The highest BCUT2D eigenvalue weighted by atomic mass is 32.2. The molecule has 3 aliphatic rings. The molecule has 1 aromatic carbocycles. The van der Waals surface area contributed by atoms with Crippen LogP contribution in [-0.4, -0.2) is 17.7 Å². The Morgan fingerprint density at radius 2 is 2.21 bits per heavy atom. The minimum atomic E-state index is 0.106. The number of nitrogens with one attached hydrogen (secondary N) is 2. The van der Waals surface area contributed by atoms with Crippen LogP contribution >= 0.6 is 11.8 Å². The SMILES string of the molecule is O=C1CSc2ccc(NC3CC4CCC3C4)cc2N1. The molecule has 1 aromatic rings. The number of rotatable bonds is 2. The quantitative estimate of drug-likeness (QED) is 0.869. The lowest BCUT2D eigenvalue weighted by Gasteiger charge is -2.25. The topological polar surface area (TPSA) is 41.1 Å². The smallest absolute Gasteiger partial charge is 0.234 e. The van der Waals surface area contributed by atoms with E-state index in [0.29, 0.717) is 11.8 Å². The molecule has 3 unspecified atom stereocenters. The Kier molecular flexibility index (Phi) is 2.72. The lowest BCUT2D eigenvalue weighted by molar-refractivity contribution is -0.113. The maximum Gasteiger partial charge on any atom is 0.234 e.